The molecule has 1 aliphatic rings. The number of aromatic nitrogens is 4. The fourth-order valence-corrected chi connectivity index (χ4v) is 4.12. The van der Waals surface area contributed by atoms with E-state index in [9.17, 15) is 9.59 Å². The minimum absolute atomic E-state index is 0.0786. The van der Waals surface area contributed by atoms with Gasteiger partial charge in [0.15, 0.2) is 0 Å². The summed E-state index contributed by atoms with van der Waals surface area (Å²) in [7, 11) is 3.50. The lowest BCUT2D eigenvalue weighted by Crippen LogP contribution is -2.33. The van der Waals surface area contributed by atoms with Crippen molar-refractivity contribution in [1.29, 1.82) is 0 Å². The Bertz CT molecular complexity index is 1140. The highest BCUT2D eigenvalue weighted by Crippen LogP contribution is 2.26. The van der Waals surface area contributed by atoms with Crippen molar-refractivity contribution < 1.29 is 4.79 Å². The molecule has 2 amide bonds. The van der Waals surface area contributed by atoms with Crippen LogP contribution in [0.15, 0.2) is 23.0 Å². The van der Waals surface area contributed by atoms with E-state index in [1.54, 1.807) is 23.2 Å². The maximum absolute atomic E-state index is 12.8. The van der Waals surface area contributed by atoms with Gasteiger partial charge in [0, 0.05) is 38.6 Å². The summed E-state index contributed by atoms with van der Waals surface area (Å²) in [6.07, 6.45) is 0.889. The van der Waals surface area contributed by atoms with E-state index >= 15 is 0 Å². The van der Waals surface area contributed by atoms with Gasteiger partial charge in [-0.3, -0.25) is 13.8 Å². The molecule has 0 saturated carbocycles. The monoisotopic (exact) mass is 382 g/mol. The molecular formula is C20H26N6O2. The second-order valence-corrected chi connectivity index (χ2v) is 7.75. The van der Waals surface area contributed by atoms with Crippen LogP contribution in [0.3, 0.4) is 0 Å². The maximum atomic E-state index is 12.8. The zero-order valence-electron chi connectivity index (χ0n) is 17.0. The maximum Gasteiger partial charge on any atom is 0.328 e. The molecule has 4 rings (SSSR count). The van der Waals surface area contributed by atoms with E-state index in [1.807, 2.05) is 42.5 Å². The Morgan fingerprint density at radius 1 is 1.11 bits per heavy atom. The Kier molecular flexibility index (Phi) is 4.28. The number of imidazole rings is 1. The summed E-state index contributed by atoms with van der Waals surface area (Å²) in [6, 6.07) is 5.96. The van der Waals surface area contributed by atoms with Gasteiger partial charge in [-0.15, -0.1) is 0 Å². The highest BCUT2D eigenvalue weighted by Gasteiger charge is 2.29. The van der Waals surface area contributed by atoms with Gasteiger partial charge in [-0.2, -0.15) is 5.10 Å². The number of benzene rings is 1. The number of amides is 2. The molecule has 148 valence electrons. The number of nitrogens with one attached hydrogen (secondary N) is 1. The van der Waals surface area contributed by atoms with Crippen molar-refractivity contribution in [2.24, 2.45) is 14.1 Å². The molecule has 1 N–H and O–H groups in total. The molecule has 1 aromatic carbocycles. The standard InChI is InChI=1S/C20H26N6O2/c1-12-8-17-18(24(5)20(28)23(17)4)10-16(12)21-19(27)25-7-6-15(11-25)26-14(3)9-13(2)22-26/h8-10,15H,6-7,11H2,1-5H3,(H,21,27). The molecule has 1 aliphatic heterocycles. The summed E-state index contributed by atoms with van der Waals surface area (Å²) < 4.78 is 5.24. The summed E-state index contributed by atoms with van der Waals surface area (Å²) in [5, 5.41) is 7.59. The first kappa shape index (κ1) is 18.3. The predicted octanol–water partition coefficient (Wildman–Crippen LogP) is 2.48. The van der Waals surface area contributed by atoms with Crippen molar-refractivity contribution in [3.63, 3.8) is 0 Å². The van der Waals surface area contributed by atoms with Gasteiger partial charge < -0.3 is 10.2 Å². The molecule has 1 atom stereocenters. The van der Waals surface area contributed by atoms with Gasteiger partial charge in [-0.05, 0) is 51.0 Å². The van der Waals surface area contributed by atoms with Crippen LogP contribution >= 0.6 is 0 Å². The van der Waals surface area contributed by atoms with Crippen molar-refractivity contribution in [2.75, 3.05) is 18.4 Å². The number of anilines is 1. The second-order valence-electron chi connectivity index (χ2n) is 7.75. The van der Waals surface area contributed by atoms with Crippen LogP contribution in [0.2, 0.25) is 0 Å². The van der Waals surface area contributed by atoms with Crippen LogP contribution in [0.5, 0.6) is 0 Å². The normalized spacial score (nSPS) is 16.9. The summed E-state index contributed by atoms with van der Waals surface area (Å²) in [5.74, 6) is 0. The third kappa shape index (κ3) is 2.89. The van der Waals surface area contributed by atoms with Crippen LogP contribution in [-0.2, 0) is 14.1 Å². The molecule has 0 bridgehead atoms. The number of hydrogen-bond donors (Lipinski definition) is 1. The van der Waals surface area contributed by atoms with Crippen molar-refractivity contribution in [1.82, 2.24) is 23.8 Å². The van der Waals surface area contributed by atoms with E-state index in [2.05, 4.69) is 16.5 Å². The molecule has 3 heterocycles. The Hall–Kier alpha value is -3.03. The van der Waals surface area contributed by atoms with E-state index in [1.165, 1.54) is 0 Å². The smallest absolute Gasteiger partial charge is 0.322 e. The van der Waals surface area contributed by atoms with Gasteiger partial charge in [0.2, 0.25) is 0 Å². The van der Waals surface area contributed by atoms with Gasteiger partial charge >= 0.3 is 11.7 Å². The topological polar surface area (TPSA) is 77.1 Å². The molecule has 28 heavy (non-hydrogen) atoms. The highest BCUT2D eigenvalue weighted by atomic mass is 16.2. The zero-order chi connectivity index (χ0) is 20.2. The first-order valence-corrected chi connectivity index (χ1v) is 9.51. The van der Waals surface area contributed by atoms with Crippen molar-refractivity contribution in [3.8, 4) is 0 Å². The fourth-order valence-electron chi connectivity index (χ4n) is 4.12. The molecule has 3 aromatic rings. The second kappa shape index (κ2) is 6.54. The number of hydrogen-bond acceptors (Lipinski definition) is 3. The third-order valence-corrected chi connectivity index (χ3v) is 5.70. The molecule has 8 heteroatoms. The number of likely N-dealkylation sites (tertiary alicyclic amines) is 1. The lowest BCUT2D eigenvalue weighted by molar-refractivity contribution is 0.220. The summed E-state index contributed by atoms with van der Waals surface area (Å²) in [5.41, 5.74) is 5.35. The Morgan fingerprint density at radius 2 is 1.79 bits per heavy atom. The average Bonchev–Trinajstić information content (AvgIpc) is 3.31. The number of nitrogens with zero attached hydrogens (tertiary/aromatic N) is 5. The predicted molar refractivity (Wildman–Crippen MR) is 109 cm³/mol. The number of aryl methyl sites for hydroxylation is 5. The summed E-state index contributed by atoms with van der Waals surface area (Å²) in [6.45, 7) is 7.30. The largest absolute Gasteiger partial charge is 0.328 e. The van der Waals surface area contributed by atoms with Crippen LogP contribution < -0.4 is 11.0 Å². The Balaban J connectivity index is 1.54. The Morgan fingerprint density at radius 3 is 2.43 bits per heavy atom. The van der Waals surface area contributed by atoms with E-state index < -0.39 is 0 Å². The lowest BCUT2D eigenvalue weighted by Gasteiger charge is -2.19. The van der Waals surface area contributed by atoms with Gasteiger partial charge in [0.1, 0.15) is 0 Å². The first-order valence-electron chi connectivity index (χ1n) is 9.51. The van der Waals surface area contributed by atoms with Crippen molar-refractivity contribution >= 4 is 22.8 Å². The van der Waals surface area contributed by atoms with Crippen LogP contribution in [0, 0.1) is 20.8 Å². The van der Waals surface area contributed by atoms with E-state index in [4.69, 9.17) is 0 Å². The van der Waals surface area contributed by atoms with Gasteiger partial charge in [-0.1, -0.05) is 0 Å². The molecule has 2 aromatic heterocycles. The van der Waals surface area contributed by atoms with Crippen molar-refractivity contribution in [2.45, 2.75) is 33.2 Å². The molecule has 8 nitrogen and oxygen atoms in total. The molecular weight excluding hydrogens is 356 g/mol. The van der Waals surface area contributed by atoms with Crippen LogP contribution in [-0.4, -0.2) is 42.9 Å². The molecule has 0 radical (unpaired) electrons. The lowest BCUT2D eigenvalue weighted by atomic mass is 10.1. The van der Waals surface area contributed by atoms with Crippen LogP contribution in [0.4, 0.5) is 10.5 Å². The van der Waals surface area contributed by atoms with Crippen LogP contribution in [0.1, 0.15) is 29.4 Å². The molecule has 1 fully saturated rings. The van der Waals surface area contributed by atoms with Gasteiger partial charge in [-0.25, -0.2) is 9.59 Å². The van der Waals surface area contributed by atoms with E-state index in [-0.39, 0.29) is 17.8 Å². The summed E-state index contributed by atoms with van der Waals surface area (Å²) >= 11 is 0. The Labute approximate surface area is 163 Å². The fraction of sp³-hybridized carbons (Fsp3) is 0.450. The molecule has 1 saturated heterocycles. The molecule has 0 aliphatic carbocycles. The van der Waals surface area contributed by atoms with Gasteiger partial charge in [0.05, 0.1) is 22.8 Å². The number of fused-ring (bicyclic) bond motifs is 1. The highest BCUT2D eigenvalue weighted by molar-refractivity contribution is 5.93. The molecule has 1 unspecified atom stereocenters. The van der Waals surface area contributed by atoms with Gasteiger partial charge in [0.25, 0.3) is 0 Å². The number of urea groups is 1. The molecule has 0 spiro atoms. The number of carbonyl (C=O) groups is 1. The summed E-state index contributed by atoms with van der Waals surface area (Å²) in [4.78, 5) is 26.8. The minimum atomic E-state index is -0.118. The number of carbonyl (C=O) groups excluding carboxylic acids is 1. The quantitative estimate of drug-likeness (QED) is 0.740. The van der Waals surface area contributed by atoms with Crippen molar-refractivity contribution in [3.05, 3.63) is 45.6 Å². The third-order valence-electron chi connectivity index (χ3n) is 5.70. The SMILES string of the molecule is Cc1cc(C)n(C2CCN(C(=O)Nc3cc4c(cc3C)n(C)c(=O)n4C)C2)n1. The zero-order valence-corrected chi connectivity index (χ0v) is 17.0. The van der Waals surface area contributed by atoms with E-state index in [0.29, 0.717) is 13.1 Å². The average molecular weight is 382 g/mol. The van der Waals surface area contributed by atoms with Crippen LogP contribution in [0.25, 0.3) is 11.0 Å². The number of rotatable bonds is 2. The minimum Gasteiger partial charge on any atom is -0.322 e. The first-order chi connectivity index (χ1) is 13.3. The van der Waals surface area contributed by atoms with E-state index in [0.717, 1.165) is 40.1 Å².